The molecule has 0 aromatic heterocycles. The maximum absolute atomic E-state index is 11.7. The topological polar surface area (TPSA) is 158 Å². The second kappa shape index (κ2) is 12.1. The number of cyclic esters (lactones) is 2. The van der Waals surface area contributed by atoms with Gasteiger partial charge in [0.25, 0.3) is 0 Å². The average Bonchev–Trinajstić information content (AvgIpc) is 3.37. The van der Waals surface area contributed by atoms with Gasteiger partial charge in [0.05, 0.1) is 32.0 Å². The van der Waals surface area contributed by atoms with E-state index < -0.39 is 41.3 Å². The van der Waals surface area contributed by atoms with Gasteiger partial charge >= 0.3 is 17.9 Å². The summed E-state index contributed by atoms with van der Waals surface area (Å²) in [6.45, 7) is 9.14. The number of esters is 3. The maximum atomic E-state index is 11.7. The predicted molar refractivity (Wildman–Crippen MR) is 116 cm³/mol. The number of carbonyl (C=O) groups is 3. The van der Waals surface area contributed by atoms with Crippen LogP contribution in [-0.2, 0) is 38.1 Å². The zero-order valence-electron chi connectivity index (χ0n) is 20.0. The van der Waals surface area contributed by atoms with Gasteiger partial charge in [0.15, 0.2) is 11.6 Å². The molecule has 11 nitrogen and oxygen atoms in total. The van der Waals surface area contributed by atoms with Gasteiger partial charge in [0.1, 0.15) is 11.8 Å². The van der Waals surface area contributed by atoms with Gasteiger partial charge in [0, 0.05) is 31.4 Å². The van der Waals surface area contributed by atoms with Gasteiger partial charge in [-0.1, -0.05) is 6.58 Å². The molecule has 3 rings (SSSR count). The van der Waals surface area contributed by atoms with Gasteiger partial charge in [-0.05, 0) is 33.6 Å². The van der Waals surface area contributed by atoms with E-state index >= 15 is 0 Å². The lowest BCUT2D eigenvalue weighted by atomic mass is 9.96. The summed E-state index contributed by atoms with van der Waals surface area (Å²) in [5.41, 5.74) is 0.343. The van der Waals surface area contributed by atoms with Crippen molar-refractivity contribution in [2.24, 2.45) is 11.8 Å². The summed E-state index contributed by atoms with van der Waals surface area (Å²) in [6.07, 6.45) is 2.11. The Morgan fingerprint density at radius 1 is 1.03 bits per heavy atom. The normalized spacial score (nSPS) is 28.8. The number of carbonyl (C=O) groups excluding carboxylic acids is 3. The molecule has 3 saturated heterocycles. The van der Waals surface area contributed by atoms with Gasteiger partial charge in [-0.3, -0.25) is 9.59 Å². The smallest absolute Gasteiger partial charge is 0.333 e. The van der Waals surface area contributed by atoms with Crippen LogP contribution in [-0.4, -0.2) is 83.4 Å². The van der Waals surface area contributed by atoms with Crippen LogP contribution >= 0.6 is 0 Å². The Bertz CT molecular complexity index is 740. The molecule has 0 radical (unpaired) electrons. The number of hydrogen-bond acceptors (Lipinski definition) is 11. The fourth-order valence-corrected chi connectivity index (χ4v) is 3.97. The fraction of sp³-hybridized carbons (Fsp3) is 0.783. The first kappa shape index (κ1) is 28.2. The van der Waals surface area contributed by atoms with Crippen LogP contribution in [0.25, 0.3) is 0 Å². The summed E-state index contributed by atoms with van der Waals surface area (Å²) in [6, 6.07) is 0. The highest BCUT2D eigenvalue weighted by atomic mass is 16.6. The van der Waals surface area contributed by atoms with E-state index in [4.69, 9.17) is 29.2 Å². The molecule has 0 bridgehead atoms. The summed E-state index contributed by atoms with van der Waals surface area (Å²) in [5.74, 6) is -6.40. The standard InChI is InChI=1S/C17H26O7.C6H10O4/c1-11(2)15(18)22-10-7-13-14(5-4-8-21-13)24-17(3,20)12-6-9-23-16(12)19;1-6(8,9)4-2-3-10-5(4)7/h12-14,20H,1,4-10H2,2-3H3;4,8-9H,2-3H2,1H3/t12?,13-,14-,17?;/m0./s1. The van der Waals surface area contributed by atoms with Crippen LogP contribution in [0.4, 0.5) is 0 Å². The SMILES string of the molecule is C=C(C)C(=O)OCC[C@@H]1OCCC[C@@H]1OC(C)(O)C1CCOC1=O.CC(O)(O)C1CCOC1=O. The molecule has 3 unspecified atom stereocenters. The predicted octanol–water partition coefficient (Wildman–Crippen LogP) is 0.582. The lowest BCUT2D eigenvalue weighted by Crippen LogP contribution is -2.48. The highest BCUT2D eigenvalue weighted by Crippen LogP contribution is 2.32. The minimum Gasteiger partial charge on any atom is -0.465 e. The summed E-state index contributed by atoms with van der Waals surface area (Å²) in [5, 5.41) is 28.5. The minimum atomic E-state index is -1.92. The van der Waals surface area contributed by atoms with Gasteiger partial charge in [-0.2, -0.15) is 0 Å². The second-order valence-electron chi connectivity index (χ2n) is 9.08. The third-order valence-electron chi connectivity index (χ3n) is 5.93. The first-order valence-electron chi connectivity index (χ1n) is 11.5. The third kappa shape index (κ3) is 8.02. The molecule has 0 spiro atoms. The molecule has 3 fully saturated rings. The van der Waals surface area contributed by atoms with E-state index in [0.717, 1.165) is 6.42 Å². The number of aliphatic hydroxyl groups is 3. The van der Waals surface area contributed by atoms with Gasteiger partial charge in [0.2, 0.25) is 0 Å². The van der Waals surface area contributed by atoms with Crippen LogP contribution < -0.4 is 0 Å². The number of hydrogen-bond donors (Lipinski definition) is 3. The first-order chi connectivity index (χ1) is 15.8. The van der Waals surface area contributed by atoms with Crippen LogP contribution in [0, 0.1) is 11.8 Å². The van der Waals surface area contributed by atoms with Crippen LogP contribution in [0.3, 0.4) is 0 Å². The van der Waals surface area contributed by atoms with Crippen molar-refractivity contribution in [1.82, 2.24) is 0 Å². The molecular weight excluding hydrogens is 452 g/mol. The molecule has 3 aliphatic heterocycles. The van der Waals surface area contributed by atoms with Crippen LogP contribution in [0.1, 0.15) is 52.9 Å². The van der Waals surface area contributed by atoms with Crippen molar-refractivity contribution in [1.29, 1.82) is 0 Å². The number of rotatable bonds is 8. The van der Waals surface area contributed by atoms with E-state index in [1.807, 2.05) is 0 Å². The van der Waals surface area contributed by atoms with Crippen molar-refractivity contribution in [3.8, 4) is 0 Å². The monoisotopic (exact) mass is 488 g/mol. The minimum absolute atomic E-state index is 0.184. The Morgan fingerprint density at radius 2 is 1.62 bits per heavy atom. The van der Waals surface area contributed by atoms with Crippen molar-refractivity contribution in [3.63, 3.8) is 0 Å². The quantitative estimate of drug-likeness (QED) is 0.190. The maximum Gasteiger partial charge on any atom is 0.333 e. The zero-order chi connectivity index (χ0) is 25.5. The van der Waals surface area contributed by atoms with E-state index in [1.165, 1.54) is 13.8 Å². The fourth-order valence-electron chi connectivity index (χ4n) is 3.97. The molecule has 3 heterocycles. The molecule has 0 aromatic rings. The van der Waals surface area contributed by atoms with E-state index in [9.17, 15) is 19.5 Å². The molecule has 0 amide bonds. The van der Waals surface area contributed by atoms with Crippen LogP contribution in [0.5, 0.6) is 0 Å². The van der Waals surface area contributed by atoms with Gasteiger partial charge in [-0.15, -0.1) is 0 Å². The molecule has 194 valence electrons. The highest BCUT2D eigenvalue weighted by molar-refractivity contribution is 5.86. The Morgan fingerprint density at radius 3 is 2.09 bits per heavy atom. The van der Waals surface area contributed by atoms with Gasteiger partial charge in [-0.25, -0.2) is 4.79 Å². The second-order valence-corrected chi connectivity index (χ2v) is 9.08. The van der Waals surface area contributed by atoms with Crippen molar-refractivity contribution < 1.29 is 53.4 Å². The summed E-state index contributed by atoms with van der Waals surface area (Å²) < 4.78 is 26.1. The van der Waals surface area contributed by atoms with Crippen LogP contribution in [0.15, 0.2) is 12.2 Å². The van der Waals surface area contributed by atoms with E-state index in [1.54, 1.807) is 6.92 Å². The number of ether oxygens (including phenoxy) is 5. The molecule has 3 N–H and O–H groups in total. The molecule has 3 aliphatic rings. The molecule has 0 aliphatic carbocycles. The van der Waals surface area contributed by atoms with Crippen molar-refractivity contribution in [3.05, 3.63) is 12.2 Å². The van der Waals surface area contributed by atoms with Crippen LogP contribution in [0.2, 0.25) is 0 Å². The molecular formula is C23H36O11. The first-order valence-corrected chi connectivity index (χ1v) is 11.5. The molecule has 0 saturated carbocycles. The third-order valence-corrected chi connectivity index (χ3v) is 5.93. The van der Waals surface area contributed by atoms with Gasteiger partial charge < -0.3 is 39.0 Å². The Balaban J connectivity index is 0.000000340. The Hall–Kier alpha value is -2.05. The van der Waals surface area contributed by atoms with E-state index in [0.29, 0.717) is 51.1 Å². The van der Waals surface area contributed by atoms with Crippen molar-refractivity contribution in [2.75, 3.05) is 26.4 Å². The summed E-state index contributed by atoms with van der Waals surface area (Å²) >= 11 is 0. The molecule has 34 heavy (non-hydrogen) atoms. The van der Waals surface area contributed by atoms with E-state index in [2.05, 4.69) is 11.3 Å². The zero-order valence-corrected chi connectivity index (χ0v) is 20.0. The average molecular weight is 489 g/mol. The largest absolute Gasteiger partial charge is 0.465 e. The molecule has 5 atom stereocenters. The lowest BCUT2D eigenvalue weighted by molar-refractivity contribution is -0.271. The highest BCUT2D eigenvalue weighted by Gasteiger charge is 2.46. The van der Waals surface area contributed by atoms with E-state index in [-0.39, 0.29) is 18.8 Å². The van der Waals surface area contributed by atoms with Crippen molar-refractivity contribution >= 4 is 17.9 Å². The Labute approximate surface area is 199 Å². The lowest BCUT2D eigenvalue weighted by Gasteiger charge is -2.38. The molecule has 11 heteroatoms. The Kier molecular flexibility index (Phi) is 10.0. The summed E-state index contributed by atoms with van der Waals surface area (Å²) in [4.78, 5) is 33.8. The summed E-state index contributed by atoms with van der Waals surface area (Å²) in [7, 11) is 0. The molecule has 0 aromatic carbocycles. The van der Waals surface area contributed by atoms with Crippen molar-refractivity contribution in [2.45, 2.75) is 76.7 Å².